The Morgan fingerprint density at radius 1 is 1.07 bits per heavy atom. The molecule has 3 rings (SSSR count). The molecule has 0 amide bonds. The van der Waals surface area contributed by atoms with Crippen molar-refractivity contribution in [2.75, 3.05) is 6.61 Å². The molecule has 0 atom stereocenters. The molecule has 3 aromatic rings. The number of alkyl halides is 1. The van der Waals surface area contributed by atoms with E-state index in [4.69, 9.17) is 21.4 Å². The minimum absolute atomic E-state index is 0.194. The van der Waals surface area contributed by atoms with Crippen molar-refractivity contribution in [3.8, 4) is 16.9 Å². The van der Waals surface area contributed by atoms with Gasteiger partial charge in [-0.3, -0.25) is 0 Å². The van der Waals surface area contributed by atoms with Crippen LogP contribution in [-0.4, -0.2) is 11.7 Å². The van der Waals surface area contributed by atoms with E-state index < -0.39 is 6.67 Å². The van der Waals surface area contributed by atoms with Crippen LogP contribution in [-0.2, 0) is 19.7 Å². The maximum Gasteiger partial charge on any atom is 0.124 e. The van der Waals surface area contributed by atoms with Crippen LogP contribution in [0.15, 0.2) is 42.5 Å². The molecule has 28 heavy (non-hydrogen) atoms. The number of aliphatic hydroxyl groups is 1. The van der Waals surface area contributed by atoms with Gasteiger partial charge in [-0.2, -0.15) is 0 Å². The van der Waals surface area contributed by atoms with E-state index >= 15 is 0 Å². The molecule has 2 nitrogen and oxygen atoms in total. The van der Waals surface area contributed by atoms with Gasteiger partial charge in [-0.1, -0.05) is 29.8 Å². The van der Waals surface area contributed by atoms with E-state index in [0.717, 1.165) is 40.2 Å². The second-order valence-electron chi connectivity index (χ2n) is 6.78. The Bertz CT molecular complexity index is 935. The number of hydrogen-bond donors (Lipinski definition) is 1. The average Bonchev–Trinajstić information content (AvgIpc) is 3.12. The third kappa shape index (κ3) is 4.75. The monoisotopic (exact) mass is 418 g/mol. The van der Waals surface area contributed by atoms with E-state index in [9.17, 15) is 4.39 Å². The van der Waals surface area contributed by atoms with Crippen LogP contribution in [0.25, 0.3) is 11.1 Å². The molecule has 0 saturated carbocycles. The molecule has 2 aromatic carbocycles. The first-order chi connectivity index (χ1) is 13.5. The highest BCUT2D eigenvalue weighted by Crippen LogP contribution is 2.34. The summed E-state index contributed by atoms with van der Waals surface area (Å²) in [6.45, 7) is 4.23. The molecule has 0 spiro atoms. The highest BCUT2D eigenvalue weighted by atomic mass is 35.5. The van der Waals surface area contributed by atoms with Gasteiger partial charge < -0.3 is 9.84 Å². The Morgan fingerprint density at radius 2 is 1.82 bits per heavy atom. The fourth-order valence-corrected chi connectivity index (χ4v) is 4.30. The van der Waals surface area contributed by atoms with E-state index in [0.29, 0.717) is 16.5 Å². The lowest BCUT2D eigenvalue weighted by Crippen LogP contribution is -2.01. The fourth-order valence-electron chi connectivity index (χ4n) is 3.22. The van der Waals surface area contributed by atoms with Crippen LogP contribution in [0.5, 0.6) is 5.75 Å². The zero-order valence-corrected chi connectivity index (χ0v) is 17.7. The summed E-state index contributed by atoms with van der Waals surface area (Å²) in [6.07, 6.45) is 1.61. The van der Waals surface area contributed by atoms with Crippen molar-refractivity contribution in [2.24, 2.45) is 0 Å². The summed E-state index contributed by atoms with van der Waals surface area (Å²) in [5.74, 6) is 0.836. The molecule has 5 heteroatoms. The smallest absolute Gasteiger partial charge is 0.124 e. The largest absolute Gasteiger partial charge is 0.488 e. The second-order valence-corrected chi connectivity index (χ2v) is 8.44. The van der Waals surface area contributed by atoms with Crippen molar-refractivity contribution in [3.63, 3.8) is 0 Å². The number of halogens is 2. The number of benzene rings is 2. The van der Waals surface area contributed by atoms with Gasteiger partial charge in [0.2, 0.25) is 0 Å². The standard InChI is InChI=1S/C23H24ClFO2S/c1-15-16(2)22(10-7-17(15)4-3-11-26)27-14-23-21(12-20(13-25)28-23)18-5-8-19(24)9-6-18/h5-10,12,26H,3-4,11,13-14H2,1-2H3. The van der Waals surface area contributed by atoms with E-state index in [1.54, 1.807) is 0 Å². The second kappa shape index (κ2) is 9.55. The number of thiophene rings is 1. The van der Waals surface area contributed by atoms with E-state index in [1.165, 1.54) is 22.5 Å². The zero-order chi connectivity index (χ0) is 20.1. The molecule has 0 aliphatic heterocycles. The van der Waals surface area contributed by atoms with Crippen LogP contribution in [0.3, 0.4) is 0 Å². The molecule has 0 bridgehead atoms. The van der Waals surface area contributed by atoms with Crippen LogP contribution in [0, 0.1) is 13.8 Å². The molecule has 1 heterocycles. The summed E-state index contributed by atoms with van der Waals surface area (Å²) < 4.78 is 19.4. The quantitative estimate of drug-likeness (QED) is 0.443. The van der Waals surface area contributed by atoms with Crippen LogP contribution < -0.4 is 4.74 Å². The van der Waals surface area contributed by atoms with Crippen molar-refractivity contribution < 1.29 is 14.2 Å². The maximum atomic E-state index is 13.3. The Hall–Kier alpha value is -1.88. The van der Waals surface area contributed by atoms with Crippen molar-refractivity contribution in [1.29, 1.82) is 0 Å². The van der Waals surface area contributed by atoms with Gasteiger partial charge in [0.05, 0.1) is 4.88 Å². The molecular weight excluding hydrogens is 395 g/mol. The Balaban J connectivity index is 1.82. The van der Waals surface area contributed by atoms with Crippen molar-refractivity contribution in [1.82, 2.24) is 0 Å². The first kappa shape index (κ1) is 20.8. The predicted octanol–water partition coefficient (Wildman–Crippen LogP) is 6.66. The summed E-state index contributed by atoms with van der Waals surface area (Å²) in [7, 11) is 0. The van der Waals surface area contributed by atoms with Gasteiger partial charge in [0.15, 0.2) is 0 Å². The molecule has 0 radical (unpaired) electrons. The lowest BCUT2D eigenvalue weighted by atomic mass is 9.99. The van der Waals surface area contributed by atoms with Gasteiger partial charge in [-0.25, -0.2) is 4.39 Å². The number of hydrogen-bond acceptors (Lipinski definition) is 3. The number of rotatable bonds is 8. The average molecular weight is 419 g/mol. The minimum atomic E-state index is -0.483. The van der Waals surface area contributed by atoms with E-state index in [-0.39, 0.29) is 6.61 Å². The molecule has 0 fully saturated rings. The van der Waals surface area contributed by atoms with Crippen molar-refractivity contribution in [3.05, 3.63) is 73.9 Å². The highest BCUT2D eigenvalue weighted by molar-refractivity contribution is 7.12. The topological polar surface area (TPSA) is 29.5 Å². The lowest BCUT2D eigenvalue weighted by molar-refractivity contribution is 0.288. The lowest BCUT2D eigenvalue weighted by Gasteiger charge is -2.14. The van der Waals surface area contributed by atoms with Gasteiger partial charge in [-0.15, -0.1) is 11.3 Å². The molecular formula is C23H24ClFO2S. The zero-order valence-electron chi connectivity index (χ0n) is 16.1. The summed E-state index contributed by atoms with van der Waals surface area (Å²) in [6, 6.07) is 13.5. The SMILES string of the molecule is Cc1c(CCCO)ccc(OCc2sc(CF)cc2-c2ccc(Cl)cc2)c1C. The third-order valence-corrected chi connectivity index (χ3v) is 6.28. The molecule has 0 aliphatic rings. The van der Waals surface area contributed by atoms with E-state index in [1.807, 2.05) is 36.4 Å². The van der Waals surface area contributed by atoms with Crippen LogP contribution in [0.4, 0.5) is 4.39 Å². The Labute approximate surface area is 174 Å². The predicted molar refractivity (Wildman–Crippen MR) is 115 cm³/mol. The first-order valence-corrected chi connectivity index (χ1v) is 10.5. The normalized spacial score (nSPS) is 11.0. The number of aliphatic hydroxyl groups excluding tert-OH is 1. The van der Waals surface area contributed by atoms with E-state index in [2.05, 4.69) is 19.9 Å². The Kier molecular flexibility index (Phi) is 7.11. The molecule has 0 unspecified atom stereocenters. The summed E-state index contributed by atoms with van der Waals surface area (Å²) in [5.41, 5.74) is 5.52. The van der Waals surface area contributed by atoms with Crippen LogP contribution >= 0.6 is 22.9 Å². The minimum Gasteiger partial charge on any atom is -0.488 e. The van der Waals surface area contributed by atoms with Gasteiger partial charge in [-0.05, 0) is 78.8 Å². The van der Waals surface area contributed by atoms with Crippen molar-refractivity contribution in [2.45, 2.75) is 40.0 Å². The van der Waals surface area contributed by atoms with Gasteiger partial charge in [0, 0.05) is 16.5 Å². The Morgan fingerprint density at radius 3 is 2.50 bits per heavy atom. The third-order valence-electron chi connectivity index (χ3n) is 4.96. The van der Waals surface area contributed by atoms with Gasteiger partial charge >= 0.3 is 0 Å². The fraction of sp³-hybridized carbons (Fsp3) is 0.304. The van der Waals surface area contributed by atoms with Gasteiger partial charge in [0.1, 0.15) is 19.0 Å². The van der Waals surface area contributed by atoms with Crippen LogP contribution in [0.1, 0.15) is 32.9 Å². The maximum absolute atomic E-state index is 13.3. The molecule has 1 aromatic heterocycles. The summed E-state index contributed by atoms with van der Waals surface area (Å²) in [4.78, 5) is 1.69. The first-order valence-electron chi connectivity index (χ1n) is 9.29. The molecule has 148 valence electrons. The number of ether oxygens (including phenoxy) is 1. The van der Waals surface area contributed by atoms with Gasteiger partial charge in [0.25, 0.3) is 0 Å². The molecule has 0 aliphatic carbocycles. The highest BCUT2D eigenvalue weighted by Gasteiger charge is 2.14. The van der Waals surface area contributed by atoms with Crippen LogP contribution in [0.2, 0.25) is 5.02 Å². The summed E-state index contributed by atoms with van der Waals surface area (Å²) >= 11 is 7.43. The number of aryl methyl sites for hydroxylation is 1. The van der Waals surface area contributed by atoms with Crippen molar-refractivity contribution >= 4 is 22.9 Å². The summed E-state index contributed by atoms with van der Waals surface area (Å²) in [5, 5.41) is 9.73. The molecule has 1 N–H and O–H groups in total. The molecule has 0 saturated heterocycles.